The van der Waals surface area contributed by atoms with Crippen LogP contribution in [0.5, 0.6) is 0 Å². The van der Waals surface area contributed by atoms with Crippen molar-refractivity contribution in [3.05, 3.63) is 41.1 Å². The highest BCUT2D eigenvalue weighted by Crippen LogP contribution is 2.29. The average molecular weight is 226 g/mol. The number of aryl methyl sites for hydroxylation is 2. The van der Waals surface area contributed by atoms with E-state index in [-0.39, 0.29) is 5.78 Å². The first kappa shape index (κ1) is 10.3. The number of aromatic nitrogens is 2. The molecule has 0 unspecified atom stereocenters. The lowest BCUT2D eigenvalue weighted by molar-refractivity contribution is 0.0973. The van der Waals surface area contributed by atoms with Gasteiger partial charge in [-0.15, -0.1) is 0 Å². The Bertz CT molecular complexity index is 566. The Balaban J connectivity index is 2.12. The maximum absolute atomic E-state index is 11.9. The van der Waals surface area contributed by atoms with Crippen molar-refractivity contribution in [3.63, 3.8) is 0 Å². The molecule has 0 spiro atoms. The smallest absolute Gasteiger partial charge is 0.166 e. The van der Waals surface area contributed by atoms with E-state index in [1.165, 1.54) is 5.56 Å². The number of carbonyl (C=O) groups is 1. The van der Waals surface area contributed by atoms with Gasteiger partial charge in [0.05, 0.1) is 5.56 Å². The van der Waals surface area contributed by atoms with Crippen molar-refractivity contribution < 1.29 is 4.79 Å². The molecule has 0 saturated carbocycles. The Labute approximate surface area is 99.9 Å². The molecule has 86 valence electrons. The molecule has 1 aliphatic carbocycles. The number of hydrogen-bond acceptors (Lipinski definition) is 2. The van der Waals surface area contributed by atoms with E-state index in [4.69, 9.17) is 0 Å². The highest BCUT2D eigenvalue weighted by molar-refractivity contribution is 6.03. The lowest BCUT2D eigenvalue weighted by atomic mass is 9.92. The summed E-state index contributed by atoms with van der Waals surface area (Å²) in [6, 6.07) is 8.13. The van der Waals surface area contributed by atoms with E-state index in [2.05, 4.69) is 17.1 Å². The van der Waals surface area contributed by atoms with Crippen LogP contribution in [0.3, 0.4) is 0 Å². The summed E-state index contributed by atoms with van der Waals surface area (Å²) in [7, 11) is 0. The summed E-state index contributed by atoms with van der Waals surface area (Å²) in [6.07, 6.45) is 2.51. The Kier molecular flexibility index (Phi) is 2.32. The van der Waals surface area contributed by atoms with E-state index in [1.807, 2.05) is 24.3 Å². The number of rotatable bonds is 1. The highest BCUT2D eigenvalue weighted by Gasteiger charge is 2.24. The van der Waals surface area contributed by atoms with E-state index in [1.54, 1.807) is 0 Å². The first-order valence-corrected chi connectivity index (χ1v) is 5.93. The number of nitrogens with one attached hydrogen (secondary N) is 1. The van der Waals surface area contributed by atoms with E-state index in [0.29, 0.717) is 6.42 Å². The van der Waals surface area contributed by atoms with Gasteiger partial charge in [0, 0.05) is 17.7 Å². The third-order valence-corrected chi connectivity index (χ3v) is 3.28. The van der Waals surface area contributed by atoms with Gasteiger partial charge in [-0.3, -0.25) is 9.89 Å². The largest absolute Gasteiger partial charge is 0.294 e. The molecule has 1 aliphatic rings. The van der Waals surface area contributed by atoms with Gasteiger partial charge in [-0.05, 0) is 19.8 Å². The van der Waals surface area contributed by atoms with Crippen molar-refractivity contribution in [2.45, 2.75) is 26.2 Å². The summed E-state index contributed by atoms with van der Waals surface area (Å²) in [4.78, 5) is 11.9. The number of nitrogens with zero attached hydrogens (tertiary/aromatic N) is 1. The van der Waals surface area contributed by atoms with Crippen LogP contribution in [0, 0.1) is 6.92 Å². The van der Waals surface area contributed by atoms with Crippen LogP contribution in [0.2, 0.25) is 0 Å². The van der Waals surface area contributed by atoms with Gasteiger partial charge in [0.1, 0.15) is 5.69 Å². The second-order valence-electron chi connectivity index (χ2n) is 4.57. The van der Waals surface area contributed by atoms with Gasteiger partial charge in [0.2, 0.25) is 0 Å². The molecular formula is C14H14N2O. The van der Waals surface area contributed by atoms with Crippen LogP contribution in [-0.4, -0.2) is 16.0 Å². The van der Waals surface area contributed by atoms with Crippen molar-refractivity contribution in [2.75, 3.05) is 0 Å². The predicted octanol–water partition coefficient (Wildman–Crippen LogP) is 2.90. The fourth-order valence-electron chi connectivity index (χ4n) is 2.33. The summed E-state index contributed by atoms with van der Waals surface area (Å²) in [6.45, 7) is 2.05. The molecule has 17 heavy (non-hydrogen) atoms. The number of fused-ring (bicyclic) bond motifs is 1. The number of aromatic amines is 1. The SMILES string of the molecule is Cc1ccc(-c2n[nH]c3c2C(=O)CCC3)cc1. The number of ketones is 1. The van der Waals surface area contributed by atoms with Gasteiger partial charge >= 0.3 is 0 Å². The Morgan fingerprint density at radius 1 is 1.18 bits per heavy atom. The highest BCUT2D eigenvalue weighted by atomic mass is 16.1. The Morgan fingerprint density at radius 3 is 2.71 bits per heavy atom. The molecule has 2 aromatic rings. The van der Waals surface area contributed by atoms with Crippen molar-refractivity contribution in [1.29, 1.82) is 0 Å². The summed E-state index contributed by atoms with van der Waals surface area (Å²) >= 11 is 0. The Morgan fingerprint density at radius 2 is 1.94 bits per heavy atom. The first-order chi connectivity index (χ1) is 8.25. The maximum Gasteiger partial charge on any atom is 0.166 e. The van der Waals surface area contributed by atoms with Crippen molar-refractivity contribution in [2.24, 2.45) is 0 Å². The molecule has 0 radical (unpaired) electrons. The minimum Gasteiger partial charge on any atom is -0.294 e. The van der Waals surface area contributed by atoms with Crippen LogP contribution in [0.4, 0.5) is 0 Å². The van der Waals surface area contributed by atoms with Gasteiger partial charge < -0.3 is 0 Å². The molecule has 0 amide bonds. The van der Waals surface area contributed by atoms with Crippen LogP contribution >= 0.6 is 0 Å². The maximum atomic E-state index is 11.9. The molecule has 3 heteroatoms. The van der Waals surface area contributed by atoms with E-state index in [0.717, 1.165) is 35.4 Å². The van der Waals surface area contributed by atoms with Crippen molar-refractivity contribution >= 4 is 5.78 Å². The average Bonchev–Trinajstić information content (AvgIpc) is 2.75. The standard InChI is InChI=1S/C14H14N2O/c1-9-5-7-10(8-6-9)14-13-11(15-16-14)3-2-4-12(13)17/h5-8H,2-4H2,1H3,(H,15,16). The summed E-state index contributed by atoms with van der Waals surface area (Å²) in [5.74, 6) is 0.218. The van der Waals surface area contributed by atoms with E-state index < -0.39 is 0 Å². The van der Waals surface area contributed by atoms with Crippen LogP contribution in [0.25, 0.3) is 11.3 Å². The van der Waals surface area contributed by atoms with Gasteiger partial charge in [0.25, 0.3) is 0 Å². The number of carbonyl (C=O) groups excluding carboxylic acids is 1. The number of hydrogen-bond donors (Lipinski definition) is 1. The van der Waals surface area contributed by atoms with Crippen LogP contribution in [-0.2, 0) is 6.42 Å². The number of H-pyrrole nitrogens is 1. The monoisotopic (exact) mass is 226 g/mol. The summed E-state index contributed by atoms with van der Waals surface area (Å²) in [5.41, 5.74) is 4.84. The fraction of sp³-hybridized carbons (Fsp3) is 0.286. The topological polar surface area (TPSA) is 45.8 Å². The van der Waals surface area contributed by atoms with Gasteiger partial charge in [-0.25, -0.2) is 0 Å². The molecule has 1 aromatic carbocycles. The molecule has 0 saturated heterocycles. The zero-order valence-corrected chi connectivity index (χ0v) is 9.79. The lowest BCUT2D eigenvalue weighted by Crippen LogP contribution is -2.09. The molecule has 3 rings (SSSR count). The van der Waals surface area contributed by atoms with Crippen LogP contribution in [0.1, 0.15) is 34.5 Å². The molecule has 0 atom stereocenters. The van der Waals surface area contributed by atoms with Crippen molar-refractivity contribution in [1.82, 2.24) is 10.2 Å². The van der Waals surface area contributed by atoms with Gasteiger partial charge in [-0.2, -0.15) is 5.10 Å². The normalized spacial score (nSPS) is 14.8. The zero-order chi connectivity index (χ0) is 11.8. The molecule has 1 heterocycles. The third-order valence-electron chi connectivity index (χ3n) is 3.28. The molecule has 3 nitrogen and oxygen atoms in total. The molecule has 0 aliphatic heterocycles. The predicted molar refractivity (Wildman–Crippen MR) is 66.0 cm³/mol. The second-order valence-corrected chi connectivity index (χ2v) is 4.57. The minimum absolute atomic E-state index is 0.218. The van der Waals surface area contributed by atoms with E-state index >= 15 is 0 Å². The second kappa shape index (κ2) is 3.84. The number of Topliss-reactive ketones (excluding diaryl/α,β-unsaturated/α-hetero) is 1. The fourth-order valence-corrected chi connectivity index (χ4v) is 2.33. The van der Waals surface area contributed by atoms with Gasteiger partial charge in [-0.1, -0.05) is 29.8 Å². The van der Waals surface area contributed by atoms with Gasteiger partial charge in [0.15, 0.2) is 5.78 Å². The molecule has 1 N–H and O–H groups in total. The van der Waals surface area contributed by atoms with Crippen molar-refractivity contribution in [3.8, 4) is 11.3 Å². The minimum atomic E-state index is 0.218. The quantitative estimate of drug-likeness (QED) is 0.812. The third kappa shape index (κ3) is 1.68. The zero-order valence-electron chi connectivity index (χ0n) is 9.79. The van der Waals surface area contributed by atoms with E-state index in [9.17, 15) is 4.79 Å². The molecule has 0 fully saturated rings. The number of benzene rings is 1. The molecular weight excluding hydrogens is 212 g/mol. The summed E-state index contributed by atoms with van der Waals surface area (Å²) < 4.78 is 0. The Hall–Kier alpha value is -1.90. The van der Waals surface area contributed by atoms with Crippen LogP contribution < -0.4 is 0 Å². The molecule has 1 aromatic heterocycles. The van der Waals surface area contributed by atoms with Crippen LogP contribution in [0.15, 0.2) is 24.3 Å². The molecule has 0 bridgehead atoms. The first-order valence-electron chi connectivity index (χ1n) is 5.93. The summed E-state index contributed by atoms with van der Waals surface area (Å²) in [5, 5.41) is 7.30. The lowest BCUT2D eigenvalue weighted by Gasteiger charge is -2.10.